The van der Waals surface area contributed by atoms with Crippen LogP contribution in [-0.4, -0.2) is 15.5 Å². The number of carbonyl (C=O) groups excluding carboxylic acids is 1. The number of halogens is 1. The third-order valence-electron chi connectivity index (χ3n) is 6.11. The molecule has 5 heteroatoms. The number of urea groups is 1. The molecule has 0 radical (unpaired) electrons. The number of fused-ring (bicyclic) bond motifs is 3. The molecule has 0 bridgehead atoms. The average molecular weight is 512 g/mol. The molecule has 4 nitrogen and oxygen atoms in total. The van der Waals surface area contributed by atoms with Crippen LogP contribution in [0.4, 0.5) is 10.5 Å². The molecule has 4 aromatic carbocycles. The van der Waals surface area contributed by atoms with Crippen LogP contribution in [0.1, 0.15) is 18.1 Å². The number of hydrogen-bond donors (Lipinski definition) is 1. The van der Waals surface area contributed by atoms with E-state index in [0.717, 1.165) is 27.8 Å². The maximum atomic E-state index is 13.4. The summed E-state index contributed by atoms with van der Waals surface area (Å²) in [5, 5.41) is 5.53. The number of nitrogens with zero attached hydrogens (tertiary/aromatic N) is 2. The van der Waals surface area contributed by atoms with E-state index in [2.05, 4.69) is 87.3 Å². The zero-order valence-electron chi connectivity index (χ0n) is 19.0. The fourth-order valence-electron chi connectivity index (χ4n) is 4.53. The summed E-state index contributed by atoms with van der Waals surface area (Å²) < 4.78 is 3.27. The van der Waals surface area contributed by atoms with Crippen molar-refractivity contribution in [2.45, 2.75) is 26.6 Å². The average Bonchev–Trinajstić information content (AvgIpc) is 3.17. The Hall–Kier alpha value is -3.57. The molecule has 34 heavy (non-hydrogen) atoms. The fourth-order valence-corrected chi connectivity index (χ4v) is 4.93. The van der Waals surface area contributed by atoms with Crippen molar-refractivity contribution < 1.29 is 4.79 Å². The SMILES string of the molecule is CCn1c2ccccc2c2cc(CN(Cc3ccccc3)C(=O)Nc3cccc(Br)c3)ccc21. The van der Waals surface area contributed by atoms with Crippen LogP contribution in [0.15, 0.2) is 102 Å². The van der Waals surface area contributed by atoms with Gasteiger partial charge in [0.1, 0.15) is 0 Å². The van der Waals surface area contributed by atoms with Crippen molar-refractivity contribution in [1.82, 2.24) is 9.47 Å². The van der Waals surface area contributed by atoms with E-state index in [1.807, 2.05) is 47.4 Å². The van der Waals surface area contributed by atoms with Gasteiger partial charge in [-0.05, 0) is 54.4 Å². The molecule has 0 aliphatic heterocycles. The maximum Gasteiger partial charge on any atom is 0.322 e. The molecule has 0 atom stereocenters. The molecular weight excluding hydrogens is 486 g/mol. The Morgan fingerprint density at radius 1 is 0.794 bits per heavy atom. The highest BCUT2D eigenvalue weighted by atomic mass is 79.9. The van der Waals surface area contributed by atoms with Gasteiger partial charge in [0.2, 0.25) is 0 Å². The topological polar surface area (TPSA) is 37.3 Å². The van der Waals surface area contributed by atoms with Crippen molar-refractivity contribution in [2.75, 3.05) is 5.32 Å². The predicted molar refractivity (Wildman–Crippen MR) is 144 cm³/mol. The molecule has 0 spiro atoms. The Morgan fingerprint density at radius 2 is 1.53 bits per heavy atom. The second-order valence-electron chi connectivity index (χ2n) is 8.40. The van der Waals surface area contributed by atoms with Crippen molar-refractivity contribution in [3.05, 3.63) is 113 Å². The molecule has 5 aromatic rings. The minimum atomic E-state index is -0.127. The van der Waals surface area contributed by atoms with Gasteiger partial charge in [-0.1, -0.05) is 76.6 Å². The number of aromatic nitrogens is 1. The number of amides is 2. The molecular formula is C29H26BrN3O. The third kappa shape index (κ3) is 4.57. The van der Waals surface area contributed by atoms with E-state index in [1.54, 1.807) is 0 Å². The first-order valence-electron chi connectivity index (χ1n) is 11.5. The van der Waals surface area contributed by atoms with Gasteiger partial charge in [0.05, 0.1) is 0 Å². The van der Waals surface area contributed by atoms with Crippen LogP contribution in [-0.2, 0) is 19.6 Å². The van der Waals surface area contributed by atoms with Crippen LogP contribution in [0, 0.1) is 0 Å². The summed E-state index contributed by atoms with van der Waals surface area (Å²) in [7, 11) is 0. The lowest BCUT2D eigenvalue weighted by Crippen LogP contribution is -2.34. The number of aryl methyl sites for hydroxylation is 1. The van der Waals surface area contributed by atoms with E-state index in [-0.39, 0.29) is 6.03 Å². The first-order chi connectivity index (χ1) is 16.6. The lowest BCUT2D eigenvalue weighted by Gasteiger charge is -2.24. The molecule has 0 saturated heterocycles. The smallest absolute Gasteiger partial charge is 0.322 e. The maximum absolute atomic E-state index is 13.4. The molecule has 0 aliphatic rings. The van der Waals surface area contributed by atoms with E-state index in [1.165, 1.54) is 21.8 Å². The monoisotopic (exact) mass is 511 g/mol. The van der Waals surface area contributed by atoms with E-state index < -0.39 is 0 Å². The normalized spacial score (nSPS) is 11.1. The van der Waals surface area contributed by atoms with Crippen molar-refractivity contribution in [1.29, 1.82) is 0 Å². The molecule has 0 saturated carbocycles. The molecule has 1 heterocycles. The quantitative estimate of drug-likeness (QED) is 0.248. The van der Waals surface area contributed by atoms with Crippen LogP contribution in [0.5, 0.6) is 0 Å². The van der Waals surface area contributed by atoms with Gasteiger partial charge >= 0.3 is 6.03 Å². The Bertz CT molecular complexity index is 1460. The number of nitrogens with one attached hydrogen (secondary N) is 1. The first-order valence-corrected chi connectivity index (χ1v) is 12.3. The van der Waals surface area contributed by atoms with Crippen molar-refractivity contribution >= 4 is 49.5 Å². The van der Waals surface area contributed by atoms with Crippen LogP contribution in [0.2, 0.25) is 0 Å². The zero-order valence-corrected chi connectivity index (χ0v) is 20.6. The Morgan fingerprint density at radius 3 is 2.32 bits per heavy atom. The van der Waals surface area contributed by atoms with Crippen molar-refractivity contribution in [3.63, 3.8) is 0 Å². The number of hydrogen-bond acceptors (Lipinski definition) is 1. The Kier molecular flexibility index (Phi) is 6.37. The molecule has 0 unspecified atom stereocenters. The number of rotatable bonds is 6. The largest absolute Gasteiger partial charge is 0.341 e. The van der Waals surface area contributed by atoms with Gasteiger partial charge in [-0.25, -0.2) is 4.79 Å². The minimum Gasteiger partial charge on any atom is -0.341 e. The molecule has 1 N–H and O–H groups in total. The highest BCUT2D eigenvalue weighted by molar-refractivity contribution is 9.10. The lowest BCUT2D eigenvalue weighted by atomic mass is 10.1. The van der Waals surface area contributed by atoms with Crippen LogP contribution < -0.4 is 5.32 Å². The fraction of sp³-hybridized carbons (Fsp3) is 0.138. The van der Waals surface area contributed by atoms with Crippen LogP contribution >= 0.6 is 15.9 Å². The molecule has 170 valence electrons. The second kappa shape index (κ2) is 9.74. The Labute approximate surface area is 207 Å². The number of carbonyl (C=O) groups is 1. The highest BCUT2D eigenvalue weighted by Gasteiger charge is 2.17. The Balaban J connectivity index is 1.48. The third-order valence-corrected chi connectivity index (χ3v) is 6.60. The van der Waals surface area contributed by atoms with Crippen molar-refractivity contribution in [2.24, 2.45) is 0 Å². The van der Waals surface area contributed by atoms with Gasteiger partial charge in [0.15, 0.2) is 0 Å². The van der Waals surface area contributed by atoms with Gasteiger partial charge < -0.3 is 14.8 Å². The number of benzene rings is 4. The summed E-state index contributed by atoms with van der Waals surface area (Å²) in [4.78, 5) is 15.2. The van der Waals surface area contributed by atoms with E-state index in [9.17, 15) is 4.79 Å². The summed E-state index contributed by atoms with van der Waals surface area (Å²) in [5.41, 5.74) is 5.42. The summed E-state index contributed by atoms with van der Waals surface area (Å²) in [5.74, 6) is 0. The molecule has 0 fully saturated rings. The molecule has 1 aromatic heterocycles. The second-order valence-corrected chi connectivity index (χ2v) is 9.31. The van der Waals surface area contributed by atoms with E-state index in [4.69, 9.17) is 0 Å². The predicted octanol–water partition coefficient (Wildman–Crippen LogP) is 7.81. The standard InChI is InChI=1S/C29H26BrN3O/c1-2-33-27-14-7-6-13-25(27)26-17-22(15-16-28(26)33)20-32(19-21-9-4-3-5-10-21)29(34)31-24-12-8-11-23(30)18-24/h3-18H,2,19-20H2,1H3,(H,31,34). The highest BCUT2D eigenvalue weighted by Crippen LogP contribution is 2.30. The van der Waals surface area contributed by atoms with Crippen molar-refractivity contribution in [3.8, 4) is 0 Å². The first kappa shape index (κ1) is 22.2. The summed E-state index contributed by atoms with van der Waals surface area (Å²) in [6.45, 7) is 4.12. The van der Waals surface area contributed by atoms with E-state index >= 15 is 0 Å². The summed E-state index contributed by atoms with van der Waals surface area (Å²) in [6, 6.07) is 32.7. The number of anilines is 1. The van der Waals surface area contributed by atoms with Crippen LogP contribution in [0.25, 0.3) is 21.8 Å². The van der Waals surface area contributed by atoms with Gasteiger partial charge in [0.25, 0.3) is 0 Å². The van der Waals surface area contributed by atoms with E-state index in [0.29, 0.717) is 13.1 Å². The molecule has 5 rings (SSSR count). The van der Waals surface area contributed by atoms with Gasteiger partial charge in [-0.15, -0.1) is 0 Å². The lowest BCUT2D eigenvalue weighted by molar-refractivity contribution is 0.206. The number of para-hydroxylation sites is 1. The van der Waals surface area contributed by atoms with Gasteiger partial charge in [-0.2, -0.15) is 0 Å². The van der Waals surface area contributed by atoms with Crippen LogP contribution in [0.3, 0.4) is 0 Å². The minimum absolute atomic E-state index is 0.127. The summed E-state index contributed by atoms with van der Waals surface area (Å²) in [6.07, 6.45) is 0. The zero-order chi connectivity index (χ0) is 23.5. The molecule has 2 amide bonds. The van der Waals surface area contributed by atoms with Gasteiger partial charge in [0, 0.05) is 51.6 Å². The van der Waals surface area contributed by atoms with Gasteiger partial charge in [-0.3, -0.25) is 0 Å². The summed E-state index contributed by atoms with van der Waals surface area (Å²) >= 11 is 3.48. The molecule has 0 aliphatic carbocycles.